The summed E-state index contributed by atoms with van der Waals surface area (Å²) in [5.74, 6) is 0.781. The van der Waals surface area contributed by atoms with Gasteiger partial charge in [-0.2, -0.15) is 20.1 Å². The average Bonchev–Trinajstić information content (AvgIpc) is 2.83. The van der Waals surface area contributed by atoms with Crippen LogP contribution in [0, 0.1) is 0 Å². The van der Waals surface area contributed by atoms with Gasteiger partial charge >= 0.3 is 0 Å². The Morgan fingerprint density at radius 2 is 2.06 bits per heavy atom. The van der Waals surface area contributed by atoms with Crippen LogP contribution in [0.25, 0.3) is 0 Å². The minimum Gasteiger partial charge on any atom is -0.368 e. The SMILES string of the molecule is CCN(CC)c1nc(N)nc(Sc2ncn[nH]2)n1. The van der Waals surface area contributed by atoms with Gasteiger partial charge in [-0.05, 0) is 25.6 Å². The molecule has 0 spiro atoms. The van der Waals surface area contributed by atoms with E-state index in [9.17, 15) is 0 Å². The van der Waals surface area contributed by atoms with E-state index in [4.69, 9.17) is 5.73 Å². The lowest BCUT2D eigenvalue weighted by molar-refractivity contribution is 0.785. The normalized spacial score (nSPS) is 10.6. The number of nitrogen functional groups attached to an aromatic ring is 1. The van der Waals surface area contributed by atoms with E-state index in [1.54, 1.807) is 0 Å². The van der Waals surface area contributed by atoms with E-state index in [2.05, 4.69) is 30.1 Å². The quantitative estimate of drug-likeness (QED) is 0.808. The molecule has 0 aliphatic heterocycles. The number of nitrogens with one attached hydrogen (secondary N) is 1. The summed E-state index contributed by atoms with van der Waals surface area (Å²) in [7, 11) is 0. The highest BCUT2D eigenvalue weighted by Gasteiger charge is 2.11. The molecule has 0 radical (unpaired) electrons. The van der Waals surface area contributed by atoms with Gasteiger partial charge in [0.1, 0.15) is 6.33 Å². The first-order chi connectivity index (χ1) is 8.72. The Kier molecular flexibility index (Phi) is 3.92. The minimum atomic E-state index is 0.203. The molecule has 96 valence electrons. The van der Waals surface area contributed by atoms with Crippen LogP contribution in [-0.2, 0) is 0 Å². The number of hydrogen-bond donors (Lipinski definition) is 2. The van der Waals surface area contributed by atoms with Gasteiger partial charge in [-0.15, -0.1) is 0 Å². The van der Waals surface area contributed by atoms with Crippen molar-refractivity contribution < 1.29 is 0 Å². The minimum absolute atomic E-state index is 0.203. The van der Waals surface area contributed by atoms with Crippen LogP contribution in [0.1, 0.15) is 13.8 Å². The first-order valence-electron chi connectivity index (χ1n) is 5.52. The van der Waals surface area contributed by atoms with Crippen molar-refractivity contribution in [3.8, 4) is 0 Å². The number of aromatic nitrogens is 6. The Hall–Kier alpha value is -1.90. The lowest BCUT2D eigenvalue weighted by Gasteiger charge is -2.18. The van der Waals surface area contributed by atoms with E-state index in [1.807, 2.05) is 18.7 Å². The fourth-order valence-electron chi connectivity index (χ4n) is 1.38. The molecule has 0 aromatic carbocycles. The maximum atomic E-state index is 5.69. The third-order valence-electron chi connectivity index (χ3n) is 2.25. The van der Waals surface area contributed by atoms with Gasteiger partial charge in [0, 0.05) is 13.1 Å². The number of aromatic amines is 1. The van der Waals surface area contributed by atoms with E-state index in [0.717, 1.165) is 13.1 Å². The summed E-state index contributed by atoms with van der Waals surface area (Å²) in [6.07, 6.45) is 1.43. The molecule has 0 saturated carbocycles. The van der Waals surface area contributed by atoms with Gasteiger partial charge in [-0.1, -0.05) is 0 Å². The lowest BCUT2D eigenvalue weighted by atomic mass is 10.5. The monoisotopic (exact) mass is 266 g/mol. The predicted molar refractivity (Wildman–Crippen MR) is 68.3 cm³/mol. The van der Waals surface area contributed by atoms with Crippen molar-refractivity contribution >= 4 is 23.7 Å². The molecule has 0 amide bonds. The fourth-order valence-corrected chi connectivity index (χ4v) is 2.02. The molecule has 2 rings (SSSR count). The van der Waals surface area contributed by atoms with Gasteiger partial charge < -0.3 is 10.6 Å². The van der Waals surface area contributed by atoms with Crippen molar-refractivity contribution in [3.63, 3.8) is 0 Å². The zero-order chi connectivity index (χ0) is 13.0. The van der Waals surface area contributed by atoms with Crippen LogP contribution in [0.5, 0.6) is 0 Å². The van der Waals surface area contributed by atoms with E-state index >= 15 is 0 Å². The molecular formula is C9H14N8S. The first kappa shape index (κ1) is 12.6. The van der Waals surface area contributed by atoms with Crippen molar-refractivity contribution in [3.05, 3.63) is 6.33 Å². The van der Waals surface area contributed by atoms with Crippen LogP contribution >= 0.6 is 11.8 Å². The molecule has 0 aliphatic rings. The second-order valence-corrected chi connectivity index (χ2v) is 4.30. The van der Waals surface area contributed by atoms with Gasteiger partial charge in [0.05, 0.1) is 0 Å². The van der Waals surface area contributed by atoms with Crippen molar-refractivity contribution in [1.29, 1.82) is 0 Å². The zero-order valence-corrected chi connectivity index (χ0v) is 11.0. The third-order valence-corrected chi connectivity index (χ3v) is 3.00. The standard InChI is InChI=1S/C9H14N8S/c1-3-17(4-2)7-13-6(10)14-9(15-7)18-8-11-5-12-16-8/h5H,3-4H2,1-2H3,(H,11,12,16)(H2,10,13,14,15). The largest absolute Gasteiger partial charge is 0.368 e. The Morgan fingerprint density at radius 3 is 2.67 bits per heavy atom. The van der Waals surface area contributed by atoms with Crippen LogP contribution in [-0.4, -0.2) is 43.2 Å². The summed E-state index contributed by atoms with van der Waals surface area (Å²) >= 11 is 1.26. The Bertz CT molecular complexity index is 495. The van der Waals surface area contributed by atoms with Gasteiger partial charge in [-0.25, -0.2) is 4.98 Å². The van der Waals surface area contributed by atoms with E-state index < -0.39 is 0 Å². The molecule has 2 aromatic heterocycles. The zero-order valence-electron chi connectivity index (χ0n) is 10.2. The van der Waals surface area contributed by atoms with Gasteiger partial charge in [0.25, 0.3) is 0 Å². The van der Waals surface area contributed by atoms with Crippen LogP contribution in [0.4, 0.5) is 11.9 Å². The van der Waals surface area contributed by atoms with Crippen LogP contribution in [0.15, 0.2) is 16.6 Å². The number of anilines is 2. The van der Waals surface area contributed by atoms with Gasteiger partial charge in [-0.3, -0.25) is 5.10 Å². The second kappa shape index (κ2) is 5.63. The predicted octanol–water partition coefficient (Wildman–Crippen LogP) is 0.569. The molecule has 0 saturated heterocycles. The van der Waals surface area contributed by atoms with Crippen molar-refractivity contribution in [1.82, 2.24) is 30.1 Å². The lowest BCUT2D eigenvalue weighted by Crippen LogP contribution is -2.25. The summed E-state index contributed by atoms with van der Waals surface area (Å²) < 4.78 is 0. The van der Waals surface area contributed by atoms with Gasteiger partial charge in [0.15, 0.2) is 5.16 Å². The molecule has 18 heavy (non-hydrogen) atoms. The molecule has 2 aromatic rings. The van der Waals surface area contributed by atoms with Crippen LogP contribution < -0.4 is 10.6 Å². The summed E-state index contributed by atoms with van der Waals surface area (Å²) in [5, 5.41) is 7.61. The van der Waals surface area contributed by atoms with Crippen LogP contribution in [0.3, 0.4) is 0 Å². The highest BCUT2D eigenvalue weighted by molar-refractivity contribution is 7.99. The number of hydrogen-bond acceptors (Lipinski definition) is 8. The molecule has 8 nitrogen and oxygen atoms in total. The maximum Gasteiger partial charge on any atom is 0.231 e. The van der Waals surface area contributed by atoms with E-state index in [1.165, 1.54) is 18.1 Å². The number of nitrogens with two attached hydrogens (primary N) is 1. The van der Waals surface area contributed by atoms with Crippen LogP contribution in [0.2, 0.25) is 0 Å². The molecular weight excluding hydrogens is 252 g/mol. The highest BCUT2D eigenvalue weighted by atomic mass is 32.2. The highest BCUT2D eigenvalue weighted by Crippen LogP contribution is 2.22. The van der Waals surface area contributed by atoms with Crippen molar-refractivity contribution in [2.45, 2.75) is 24.2 Å². The van der Waals surface area contributed by atoms with E-state index in [0.29, 0.717) is 16.3 Å². The number of rotatable bonds is 5. The molecule has 0 atom stereocenters. The third kappa shape index (κ3) is 2.86. The number of H-pyrrole nitrogens is 1. The molecule has 3 N–H and O–H groups in total. The van der Waals surface area contributed by atoms with Crippen molar-refractivity contribution in [2.75, 3.05) is 23.7 Å². The molecule has 9 heteroatoms. The fraction of sp³-hybridized carbons (Fsp3) is 0.444. The second-order valence-electron chi connectivity index (χ2n) is 3.34. The Labute approximate surface area is 108 Å². The maximum absolute atomic E-state index is 5.69. The Morgan fingerprint density at radius 1 is 1.28 bits per heavy atom. The molecule has 2 heterocycles. The number of nitrogens with zero attached hydrogens (tertiary/aromatic N) is 6. The van der Waals surface area contributed by atoms with Gasteiger partial charge in [0.2, 0.25) is 17.1 Å². The smallest absolute Gasteiger partial charge is 0.231 e. The van der Waals surface area contributed by atoms with Crippen molar-refractivity contribution in [2.24, 2.45) is 0 Å². The molecule has 0 bridgehead atoms. The summed E-state index contributed by atoms with van der Waals surface area (Å²) in [6.45, 7) is 5.69. The summed E-state index contributed by atoms with van der Waals surface area (Å²) in [6, 6.07) is 0. The Balaban J connectivity index is 2.26. The molecule has 0 aliphatic carbocycles. The topological polar surface area (TPSA) is 110 Å². The molecule has 0 unspecified atom stereocenters. The average molecular weight is 266 g/mol. The first-order valence-corrected chi connectivity index (χ1v) is 6.34. The molecule has 0 fully saturated rings. The summed E-state index contributed by atoms with van der Waals surface area (Å²) in [4.78, 5) is 18.5. The van der Waals surface area contributed by atoms with E-state index in [-0.39, 0.29) is 5.95 Å². The summed E-state index contributed by atoms with van der Waals surface area (Å²) in [5.41, 5.74) is 5.69.